The van der Waals surface area contributed by atoms with Crippen LogP contribution in [0.1, 0.15) is 28.4 Å². The molecule has 0 saturated heterocycles. The number of aromatic nitrogens is 1. The van der Waals surface area contributed by atoms with Crippen molar-refractivity contribution < 1.29 is 0 Å². The molecule has 2 rings (SSSR count). The van der Waals surface area contributed by atoms with E-state index in [4.69, 9.17) is 5.73 Å². The molecule has 18 heavy (non-hydrogen) atoms. The van der Waals surface area contributed by atoms with Crippen LogP contribution in [0.5, 0.6) is 0 Å². The Kier molecular flexibility index (Phi) is 4.15. The highest BCUT2D eigenvalue weighted by Crippen LogP contribution is 2.21. The fourth-order valence-corrected chi connectivity index (χ4v) is 2.27. The molecule has 3 heteroatoms. The predicted molar refractivity (Wildman–Crippen MR) is 78.5 cm³/mol. The van der Waals surface area contributed by atoms with Crippen LogP contribution < -0.4 is 5.73 Å². The molecule has 1 heterocycles. The minimum atomic E-state index is -0.00132. The van der Waals surface area contributed by atoms with E-state index in [0.29, 0.717) is 0 Å². The maximum absolute atomic E-state index is 6.28. The first-order chi connectivity index (χ1) is 8.58. The summed E-state index contributed by atoms with van der Waals surface area (Å²) in [5, 5.41) is 0. The van der Waals surface area contributed by atoms with Gasteiger partial charge in [-0.15, -0.1) is 0 Å². The number of hydrogen-bond donors (Lipinski definition) is 1. The molecule has 0 fully saturated rings. The molecule has 1 aromatic heterocycles. The van der Waals surface area contributed by atoms with Crippen molar-refractivity contribution in [2.45, 2.75) is 26.3 Å². The van der Waals surface area contributed by atoms with Gasteiger partial charge >= 0.3 is 0 Å². The summed E-state index contributed by atoms with van der Waals surface area (Å²) in [5.74, 6) is 0. The van der Waals surface area contributed by atoms with Crippen LogP contribution >= 0.6 is 15.9 Å². The van der Waals surface area contributed by atoms with Gasteiger partial charge in [-0.2, -0.15) is 0 Å². The molecule has 0 amide bonds. The average Bonchev–Trinajstić information content (AvgIpc) is 2.35. The number of nitrogens with two attached hydrogens (primary N) is 1. The lowest BCUT2D eigenvalue weighted by atomic mass is 9.95. The first-order valence-electron chi connectivity index (χ1n) is 6.00. The summed E-state index contributed by atoms with van der Waals surface area (Å²) in [5.41, 5.74) is 11.1. The highest BCUT2D eigenvalue weighted by molar-refractivity contribution is 9.10. The number of pyridine rings is 1. The highest BCUT2D eigenvalue weighted by atomic mass is 79.9. The normalized spacial score (nSPS) is 12.4. The zero-order valence-electron chi connectivity index (χ0n) is 10.7. The molecule has 1 aromatic carbocycles. The Bertz CT molecular complexity index is 535. The van der Waals surface area contributed by atoms with Crippen molar-refractivity contribution in [2.75, 3.05) is 0 Å². The molecular formula is C15H17BrN2. The molecule has 0 spiro atoms. The molecule has 0 aliphatic heterocycles. The van der Waals surface area contributed by atoms with Crippen molar-refractivity contribution in [1.82, 2.24) is 4.98 Å². The number of nitrogens with zero attached hydrogens (tertiary/aromatic N) is 1. The lowest BCUT2D eigenvalue weighted by Crippen LogP contribution is -2.15. The van der Waals surface area contributed by atoms with Crippen LogP contribution in [0.25, 0.3) is 0 Å². The summed E-state index contributed by atoms with van der Waals surface area (Å²) in [6.45, 7) is 4.24. The molecule has 0 aliphatic rings. The maximum atomic E-state index is 6.28. The molecule has 0 aliphatic carbocycles. The van der Waals surface area contributed by atoms with E-state index in [-0.39, 0.29) is 6.04 Å². The molecule has 0 saturated carbocycles. The van der Waals surface area contributed by atoms with Crippen LogP contribution in [0.3, 0.4) is 0 Å². The minimum Gasteiger partial charge on any atom is -0.324 e. The molecule has 2 nitrogen and oxygen atoms in total. The highest BCUT2D eigenvalue weighted by Gasteiger charge is 2.11. The summed E-state index contributed by atoms with van der Waals surface area (Å²) in [4.78, 5) is 4.37. The molecule has 1 atom stereocenters. The second-order valence-corrected chi connectivity index (χ2v) is 5.48. The van der Waals surface area contributed by atoms with Gasteiger partial charge in [0.05, 0.1) is 0 Å². The fourth-order valence-electron chi connectivity index (χ4n) is 2.04. The van der Waals surface area contributed by atoms with E-state index in [1.54, 1.807) is 0 Å². The fraction of sp³-hybridized carbons (Fsp3) is 0.267. The van der Waals surface area contributed by atoms with Crippen molar-refractivity contribution in [1.29, 1.82) is 0 Å². The van der Waals surface area contributed by atoms with E-state index >= 15 is 0 Å². The van der Waals surface area contributed by atoms with Crippen molar-refractivity contribution in [3.8, 4) is 0 Å². The van der Waals surface area contributed by atoms with Crippen LogP contribution in [0.2, 0.25) is 0 Å². The monoisotopic (exact) mass is 304 g/mol. The predicted octanol–water partition coefficient (Wildman–Crippen LogP) is 3.70. The van der Waals surface area contributed by atoms with Gasteiger partial charge in [-0.1, -0.05) is 18.2 Å². The van der Waals surface area contributed by atoms with E-state index in [9.17, 15) is 0 Å². The van der Waals surface area contributed by atoms with Gasteiger partial charge in [0.25, 0.3) is 0 Å². The summed E-state index contributed by atoms with van der Waals surface area (Å²) in [6.07, 6.45) is 2.57. The number of hydrogen-bond acceptors (Lipinski definition) is 2. The summed E-state index contributed by atoms with van der Waals surface area (Å²) in [7, 11) is 0. The van der Waals surface area contributed by atoms with Crippen molar-refractivity contribution in [3.05, 3.63) is 63.4 Å². The molecule has 2 aromatic rings. The third-order valence-electron chi connectivity index (χ3n) is 3.26. The molecule has 94 valence electrons. The zero-order valence-corrected chi connectivity index (χ0v) is 12.2. The van der Waals surface area contributed by atoms with E-state index in [1.165, 1.54) is 16.7 Å². The van der Waals surface area contributed by atoms with Crippen LogP contribution in [0.4, 0.5) is 0 Å². The van der Waals surface area contributed by atoms with E-state index in [2.05, 4.69) is 53.0 Å². The van der Waals surface area contributed by atoms with Crippen molar-refractivity contribution in [3.63, 3.8) is 0 Å². The largest absolute Gasteiger partial charge is 0.324 e. The molecule has 0 radical (unpaired) electrons. The standard InChI is InChI=1S/C15H17BrN2/c1-10-4-3-5-14(11(10)2)15(17)8-13-7-6-12(16)9-18-13/h3-7,9,15H,8,17H2,1-2H3. The smallest absolute Gasteiger partial charge is 0.0423 e. The third-order valence-corrected chi connectivity index (χ3v) is 3.73. The Hall–Kier alpha value is -1.19. The third kappa shape index (κ3) is 2.98. The van der Waals surface area contributed by atoms with Gasteiger partial charge in [-0.05, 0) is 58.6 Å². The Morgan fingerprint density at radius 3 is 2.67 bits per heavy atom. The average molecular weight is 305 g/mol. The Morgan fingerprint density at radius 2 is 2.00 bits per heavy atom. The van der Waals surface area contributed by atoms with Gasteiger partial charge in [-0.25, -0.2) is 0 Å². The summed E-state index contributed by atoms with van der Waals surface area (Å²) >= 11 is 3.38. The van der Waals surface area contributed by atoms with E-state index < -0.39 is 0 Å². The van der Waals surface area contributed by atoms with E-state index in [0.717, 1.165) is 16.6 Å². The Balaban J connectivity index is 2.19. The molecular weight excluding hydrogens is 288 g/mol. The first-order valence-corrected chi connectivity index (χ1v) is 6.79. The lowest BCUT2D eigenvalue weighted by molar-refractivity contribution is 0.700. The van der Waals surface area contributed by atoms with Gasteiger partial charge in [0.15, 0.2) is 0 Å². The topological polar surface area (TPSA) is 38.9 Å². The van der Waals surface area contributed by atoms with Crippen LogP contribution in [-0.4, -0.2) is 4.98 Å². The van der Waals surface area contributed by atoms with Crippen LogP contribution in [-0.2, 0) is 6.42 Å². The number of aryl methyl sites for hydroxylation is 1. The summed E-state index contributed by atoms with van der Waals surface area (Å²) in [6, 6.07) is 10.3. The first kappa shape index (κ1) is 13.2. The van der Waals surface area contributed by atoms with Crippen LogP contribution in [0.15, 0.2) is 41.0 Å². The van der Waals surface area contributed by atoms with Gasteiger partial charge in [-0.3, -0.25) is 4.98 Å². The molecule has 1 unspecified atom stereocenters. The van der Waals surface area contributed by atoms with E-state index in [1.807, 2.05) is 18.3 Å². The Morgan fingerprint density at radius 1 is 1.22 bits per heavy atom. The summed E-state index contributed by atoms with van der Waals surface area (Å²) < 4.78 is 0.992. The lowest BCUT2D eigenvalue weighted by Gasteiger charge is -2.16. The minimum absolute atomic E-state index is 0.00132. The van der Waals surface area contributed by atoms with Crippen molar-refractivity contribution in [2.24, 2.45) is 5.73 Å². The quantitative estimate of drug-likeness (QED) is 0.939. The van der Waals surface area contributed by atoms with Gasteiger partial charge < -0.3 is 5.73 Å². The van der Waals surface area contributed by atoms with Gasteiger partial charge in [0.1, 0.15) is 0 Å². The van der Waals surface area contributed by atoms with Crippen molar-refractivity contribution >= 4 is 15.9 Å². The Labute approximate surface area is 116 Å². The van der Waals surface area contributed by atoms with Crippen LogP contribution in [0, 0.1) is 13.8 Å². The molecule has 2 N–H and O–H groups in total. The SMILES string of the molecule is Cc1cccc(C(N)Cc2ccc(Br)cn2)c1C. The van der Waals surface area contributed by atoms with Gasteiger partial charge in [0.2, 0.25) is 0 Å². The number of rotatable bonds is 3. The second-order valence-electron chi connectivity index (χ2n) is 4.57. The zero-order chi connectivity index (χ0) is 13.1. The second kappa shape index (κ2) is 5.63. The van der Waals surface area contributed by atoms with Gasteiger partial charge in [0, 0.05) is 28.8 Å². The number of halogens is 1. The molecule has 0 bridgehead atoms. The number of benzene rings is 1. The maximum Gasteiger partial charge on any atom is 0.0423 e.